The molecule has 128 valence electrons. The Labute approximate surface area is 150 Å². The molecule has 1 amide bonds. The largest absolute Gasteiger partial charge is 0.496 e. The topological polar surface area (TPSA) is 64.1 Å². The smallest absolute Gasteiger partial charge is 0.226 e. The van der Waals surface area contributed by atoms with E-state index >= 15 is 0 Å². The Hall–Kier alpha value is -2.73. The standard InChI is InChI=1S/C19H19N3O2S/c1-24-16-10-6-5-9-15(16)13-18-21-22-19(25-18)20-17(23)12-11-14-7-3-2-4-8-14/h2-10H,11-13H2,1H3,(H,20,22,23). The number of aryl methyl sites for hydroxylation is 1. The zero-order chi connectivity index (χ0) is 17.5. The van der Waals surface area contributed by atoms with Gasteiger partial charge in [-0.15, -0.1) is 10.2 Å². The molecule has 0 aliphatic rings. The van der Waals surface area contributed by atoms with E-state index in [4.69, 9.17) is 4.74 Å². The van der Waals surface area contributed by atoms with E-state index in [2.05, 4.69) is 15.5 Å². The molecule has 2 aromatic carbocycles. The van der Waals surface area contributed by atoms with Gasteiger partial charge in [-0.1, -0.05) is 59.9 Å². The third kappa shape index (κ3) is 4.87. The Bertz CT molecular complexity index is 833. The summed E-state index contributed by atoms with van der Waals surface area (Å²) in [7, 11) is 1.65. The normalized spacial score (nSPS) is 10.4. The lowest BCUT2D eigenvalue weighted by Gasteiger charge is -2.05. The van der Waals surface area contributed by atoms with E-state index in [-0.39, 0.29) is 5.91 Å². The summed E-state index contributed by atoms with van der Waals surface area (Å²) < 4.78 is 5.35. The van der Waals surface area contributed by atoms with E-state index < -0.39 is 0 Å². The second-order valence-electron chi connectivity index (χ2n) is 5.52. The van der Waals surface area contributed by atoms with Gasteiger partial charge in [-0.2, -0.15) is 0 Å². The fraction of sp³-hybridized carbons (Fsp3) is 0.211. The zero-order valence-corrected chi connectivity index (χ0v) is 14.8. The fourth-order valence-electron chi connectivity index (χ4n) is 2.47. The molecule has 3 rings (SSSR count). The predicted molar refractivity (Wildman–Crippen MR) is 99.1 cm³/mol. The molecule has 1 aromatic heterocycles. The average molecular weight is 353 g/mol. The van der Waals surface area contributed by atoms with Crippen molar-refractivity contribution in [2.75, 3.05) is 12.4 Å². The predicted octanol–water partition coefficient (Wildman–Crippen LogP) is 3.71. The number of nitrogens with one attached hydrogen (secondary N) is 1. The van der Waals surface area contributed by atoms with Crippen LogP contribution in [0, 0.1) is 0 Å². The first kappa shape index (κ1) is 17.1. The number of aromatic nitrogens is 2. The third-order valence-corrected chi connectivity index (χ3v) is 4.57. The van der Waals surface area contributed by atoms with Gasteiger partial charge in [-0.05, 0) is 18.1 Å². The number of hydrogen-bond donors (Lipinski definition) is 1. The van der Waals surface area contributed by atoms with Crippen LogP contribution in [0.3, 0.4) is 0 Å². The molecule has 6 heteroatoms. The van der Waals surface area contributed by atoms with Crippen LogP contribution in [-0.4, -0.2) is 23.2 Å². The van der Waals surface area contributed by atoms with Crippen molar-refractivity contribution >= 4 is 22.4 Å². The molecular formula is C19H19N3O2S. The SMILES string of the molecule is COc1ccccc1Cc1nnc(NC(=O)CCc2ccccc2)s1. The summed E-state index contributed by atoms with van der Waals surface area (Å²) in [5.74, 6) is 0.773. The van der Waals surface area contributed by atoms with Gasteiger partial charge in [0.05, 0.1) is 7.11 Å². The minimum atomic E-state index is -0.0520. The van der Waals surface area contributed by atoms with Crippen molar-refractivity contribution in [1.29, 1.82) is 0 Å². The number of para-hydroxylation sites is 1. The first-order valence-corrected chi connectivity index (χ1v) is 8.84. The molecule has 0 aliphatic carbocycles. The first-order valence-electron chi connectivity index (χ1n) is 8.02. The summed E-state index contributed by atoms with van der Waals surface area (Å²) in [5, 5.41) is 12.4. The molecule has 0 unspecified atom stereocenters. The van der Waals surface area contributed by atoms with E-state index in [1.807, 2.05) is 54.6 Å². The van der Waals surface area contributed by atoms with Crippen molar-refractivity contribution in [3.05, 3.63) is 70.7 Å². The summed E-state index contributed by atoms with van der Waals surface area (Å²) >= 11 is 1.39. The Morgan fingerprint density at radius 2 is 1.84 bits per heavy atom. The number of rotatable bonds is 7. The van der Waals surface area contributed by atoms with Gasteiger partial charge in [0, 0.05) is 18.4 Å². The molecule has 25 heavy (non-hydrogen) atoms. The minimum Gasteiger partial charge on any atom is -0.496 e. The molecule has 0 fully saturated rings. The number of ether oxygens (including phenoxy) is 1. The quantitative estimate of drug-likeness (QED) is 0.703. The van der Waals surface area contributed by atoms with Crippen LogP contribution in [0.4, 0.5) is 5.13 Å². The number of benzene rings is 2. The van der Waals surface area contributed by atoms with E-state index in [1.165, 1.54) is 11.3 Å². The van der Waals surface area contributed by atoms with Crippen LogP contribution < -0.4 is 10.1 Å². The second-order valence-corrected chi connectivity index (χ2v) is 6.59. The number of anilines is 1. The maximum atomic E-state index is 12.1. The molecule has 0 radical (unpaired) electrons. The summed E-state index contributed by atoms with van der Waals surface area (Å²) in [5.41, 5.74) is 2.19. The number of carbonyl (C=O) groups is 1. The molecule has 1 N–H and O–H groups in total. The van der Waals surface area contributed by atoms with Crippen LogP contribution in [0.25, 0.3) is 0 Å². The molecule has 0 spiro atoms. The van der Waals surface area contributed by atoms with Crippen LogP contribution >= 0.6 is 11.3 Å². The maximum Gasteiger partial charge on any atom is 0.226 e. The maximum absolute atomic E-state index is 12.1. The van der Waals surface area contributed by atoms with Crippen LogP contribution in [0.5, 0.6) is 5.75 Å². The molecule has 0 atom stereocenters. The van der Waals surface area contributed by atoms with Crippen molar-refractivity contribution in [2.24, 2.45) is 0 Å². The molecule has 0 bridgehead atoms. The Morgan fingerprint density at radius 3 is 2.64 bits per heavy atom. The van der Waals surface area contributed by atoms with Gasteiger partial charge in [0.15, 0.2) is 0 Å². The Morgan fingerprint density at radius 1 is 1.08 bits per heavy atom. The highest BCUT2D eigenvalue weighted by Crippen LogP contribution is 2.24. The minimum absolute atomic E-state index is 0.0520. The number of amides is 1. The van der Waals surface area contributed by atoms with Gasteiger partial charge >= 0.3 is 0 Å². The van der Waals surface area contributed by atoms with Crippen LogP contribution in [-0.2, 0) is 17.6 Å². The lowest BCUT2D eigenvalue weighted by molar-refractivity contribution is -0.116. The van der Waals surface area contributed by atoms with Crippen LogP contribution in [0.15, 0.2) is 54.6 Å². The van der Waals surface area contributed by atoms with E-state index in [9.17, 15) is 4.79 Å². The molecule has 5 nitrogen and oxygen atoms in total. The molecule has 3 aromatic rings. The Kier molecular flexibility index (Phi) is 5.74. The average Bonchev–Trinajstić information content (AvgIpc) is 3.08. The second kappa shape index (κ2) is 8.39. The van der Waals surface area contributed by atoms with Gasteiger partial charge < -0.3 is 10.1 Å². The van der Waals surface area contributed by atoms with Crippen molar-refractivity contribution in [3.63, 3.8) is 0 Å². The molecule has 0 aliphatic heterocycles. The van der Waals surface area contributed by atoms with Crippen molar-refractivity contribution < 1.29 is 9.53 Å². The third-order valence-electron chi connectivity index (χ3n) is 3.73. The molecule has 0 saturated carbocycles. The number of carbonyl (C=O) groups excluding carboxylic acids is 1. The summed E-state index contributed by atoms with van der Waals surface area (Å²) in [4.78, 5) is 12.1. The summed E-state index contributed by atoms with van der Waals surface area (Å²) in [6.45, 7) is 0. The zero-order valence-electron chi connectivity index (χ0n) is 13.9. The summed E-state index contributed by atoms with van der Waals surface area (Å²) in [6, 6.07) is 17.8. The summed E-state index contributed by atoms with van der Waals surface area (Å²) in [6.07, 6.45) is 1.76. The Balaban J connectivity index is 1.55. The lowest BCUT2D eigenvalue weighted by Crippen LogP contribution is -2.12. The highest BCUT2D eigenvalue weighted by Gasteiger charge is 2.11. The van der Waals surface area contributed by atoms with E-state index in [0.717, 1.165) is 21.9 Å². The van der Waals surface area contributed by atoms with Gasteiger partial charge in [0.2, 0.25) is 11.0 Å². The first-order chi connectivity index (χ1) is 12.2. The lowest BCUT2D eigenvalue weighted by atomic mass is 10.1. The van der Waals surface area contributed by atoms with Gasteiger partial charge in [-0.25, -0.2) is 0 Å². The van der Waals surface area contributed by atoms with Crippen molar-refractivity contribution in [2.45, 2.75) is 19.3 Å². The van der Waals surface area contributed by atoms with Gasteiger partial charge in [0.25, 0.3) is 0 Å². The molecular weight excluding hydrogens is 334 g/mol. The fourth-order valence-corrected chi connectivity index (χ4v) is 3.25. The number of hydrogen-bond acceptors (Lipinski definition) is 5. The van der Waals surface area contributed by atoms with Crippen LogP contribution in [0.1, 0.15) is 22.6 Å². The highest BCUT2D eigenvalue weighted by molar-refractivity contribution is 7.15. The molecule has 0 saturated heterocycles. The van der Waals surface area contributed by atoms with Crippen molar-refractivity contribution in [3.8, 4) is 5.75 Å². The van der Waals surface area contributed by atoms with E-state index in [1.54, 1.807) is 7.11 Å². The van der Waals surface area contributed by atoms with Gasteiger partial charge in [-0.3, -0.25) is 4.79 Å². The number of methoxy groups -OCH3 is 1. The highest BCUT2D eigenvalue weighted by atomic mass is 32.1. The van der Waals surface area contributed by atoms with Gasteiger partial charge in [0.1, 0.15) is 10.8 Å². The van der Waals surface area contributed by atoms with E-state index in [0.29, 0.717) is 24.4 Å². The van der Waals surface area contributed by atoms with Crippen LogP contribution in [0.2, 0.25) is 0 Å². The molecule has 1 heterocycles. The monoisotopic (exact) mass is 353 g/mol. The number of nitrogens with zero attached hydrogens (tertiary/aromatic N) is 2. The van der Waals surface area contributed by atoms with Crippen molar-refractivity contribution in [1.82, 2.24) is 10.2 Å².